The van der Waals surface area contributed by atoms with Gasteiger partial charge in [-0.05, 0) is 44.2 Å². The fourth-order valence-corrected chi connectivity index (χ4v) is 2.92. The van der Waals surface area contributed by atoms with E-state index in [1.165, 1.54) is 0 Å². The summed E-state index contributed by atoms with van der Waals surface area (Å²) in [7, 11) is 0. The Hall–Kier alpha value is -0.660. The highest BCUT2D eigenvalue weighted by Crippen LogP contribution is 2.40. The van der Waals surface area contributed by atoms with Crippen LogP contribution in [0.2, 0.25) is 10.0 Å². The van der Waals surface area contributed by atoms with Crippen molar-refractivity contribution >= 4 is 23.2 Å². The molecule has 0 amide bonds. The number of rotatable bonds is 8. The van der Waals surface area contributed by atoms with Gasteiger partial charge in [0.2, 0.25) is 0 Å². The Morgan fingerprint density at radius 2 is 1.90 bits per heavy atom. The smallest absolute Gasteiger partial charge is 0.141 e. The fourth-order valence-electron chi connectivity index (χ4n) is 2.36. The standard InChI is InChI=1S/C17H24Cl2O/c1-4-7-8-10-13(9-5-2)15-11-14(18)12-16(19)17(15)20-6-3/h7-8,11-13H,4-6,9-10H2,1-3H3/b8-7-. The molecule has 0 radical (unpaired) electrons. The van der Waals surface area contributed by atoms with Gasteiger partial charge in [-0.3, -0.25) is 0 Å². The van der Waals surface area contributed by atoms with Gasteiger partial charge < -0.3 is 4.74 Å². The third kappa shape index (κ3) is 5.03. The number of ether oxygens (including phenoxy) is 1. The lowest BCUT2D eigenvalue weighted by Gasteiger charge is -2.20. The molecule has 1 unspecified atom stereocenters. The van der Waals surface area contributed by atoms with Crippen molar-refractivity contribution in [2.75, 3.05) is 6.61 Å². The third-order valence-corrected chi connectivity index (χ3v) is 3.72. The number of hydrogen-bond donors (Lipinski definition) is 0. The molecule has 0 bridgehead atoms. The summed E-state index contributed by atoms with van der Waals surface area (Å²) in [4.78, 5) is 0. The summed E-state index contributed by atoms with van der Waals surface area (Å²) in [5.41, 5.74) is 1.13. The van der Waals surface area contributed by atoms with Gasteiger partial charge in [0.25, 0.3) is 0 Å². The van der Waals surface area contributed by atoms with Crippen LogP contribution in [-0.4, -0.2) is 6.61 Å². The lowest BCUT2D eigenvalue weighted by Crippen LogP contribution is -2.04. The minimum atomic E-state index is 0.403. The van der Waals surface area contributed by atoms with Crippen LogP contribution in [0.3, 0.4) is 0 Å². The summed E-state index contributed by atoms with van der Waals surface area (Å²) in [5.74, 6) is 1.20. The van der Waals surface area contributed by atoms with E-state index in [4.69, 9.17) is 27.9 Å². The topological polar surface area (TPSA) is 9.23 Å². The van der Waals surface area contributed by atoms with E-state index in [1.54, 1.807) is 6.07 Å². The van der Waals surface area contributed by atoms with Gasteiger partial charge in [0.1, 0.15) is 5.75 Å². The predicted octanol–water partition coefficient (Wildman–Crippen LogP) is 6.63. The van der Waals surface area contributed by atoms with Crippen LogP contribution in [0.1, 0.15) is 57.9 Å². The van der Waals surface area contributed by atoms with Crippen molar-refractivity contribution in [1.29, 1.82) is 0 Å². The molecule has 1 aromatic carbocycles. The van der Waals surface area contributed by atoms with E-state index < -0.39 is 0 Å². The van der Waals surface area contributed by atoms with Gasteiger partial charge >= 0.3 is 0 Å². The first kappa shape index (κ1) is 17.4. The monoisotopic (exact) mass is 314 g/mol. The van der Waals surface area contributed by atoms with Gasteiger partial charge in [0.05, 0.1) is 11.6 Å². The molecule has 1 nitrogen and oxygen atoms in total. The Kier molecular flexibility index (Phi) is 8.09. The molecule has 0 N–H and O–H groups in total. The van der Waals surface area contributed by atoms with Gasteiger partial charge in [-0.15, -0.1) is 0 Å². The zero-order valence-electron chi connectivity index (χ0n) is 12.6. The fraction of sp³-hybridized carbons (Fsp3) is 0.529. The average Bonchev–Trinajstić information content (AvgIpc) is 2.41. The maximum atomic E-state index is 6.29. The molecule has 0 fully saturated rings. The molecule has 3 heteroatoms. The van der Waals surface area contributed by atoms with Crippen molar-refractivity contribution < 1.29 is 4.74 Å². The zero-order valence-corrected chi connectivity index (χ0v) is 14.1. The molecule has 1 atom stereocenters. The summed E-state index contributed by atoms with van der Waals surface area (Å²) in [6.45, 7) is 6.93. The predicted molar refractivity (Wildman–Crippen MR) is 89.3 cm³/mol. The minimum absolute atomic E-state index is 0.403. The van der Waals surface area contributed by atoms with Crippen LogP contribution in [0.15, 0.2) is 24.3 Å². The third-order valence-electron chi connectivity index (χ3n) is 3.23. The normalized spacial score (nSPS) is 12.8. The minimum Gasteiger partial charge on any atom is -0.492 e. The van der Waals surface area contributed by atoms with Crippen LogP contribution in [-0.2, 0) is 0 Å². The van der Waals surface area contributed by atoms with Gasteiger partial charge in [-0.2, -0.15) is 0 Å². The second-order valence-electron chi connectivity index (χ2n) is 4.84. The van der Waals surface area contributed by atoms with E-state index in [0.29, 0.717) is 22.6 Å². The van der Waals surface area contributed by atoms with Crippen molar-refractivity contribution in [2.24, 2.45) is 0 Å². The lowest BCUT2D eigenvalue weighted by atomic mass is 9.90. The molecular formula is C17H24Cl2O. The van der Waals surface area contributed by atoms with Gasteiger partial charge in [-0.1, -0.05) is 55.6 Å². The molecule has 112 valence electrons. The largest absolute Gasteiger partial charge is 0.492 e. The molecule has 20 heavy (non-hydrogen) atoms. The first-order valence-electron chi connectivity index (χ1n) is 7.40. The molecule has 1 rings (SSSR count). The van der Waals surface area contributed by atoms with Crippen molar-refractivity contribution in [3.05, 3.63) is 39.9 Å². The molecule has 0 spiro atoms. The number of benzene rings is 1. The molecule has 0 heterocycles. The molecular weight excluding hydrogens is 291 g/mol. The summed E-state index contributed by atoms with van der Waals surface area (Å²) in [5, 5.41) is 1.28. The lowest BCUT2D eigenvalue weighted by molar-refractivity contribution is 0.333. The Bertz CT molecular complexity index is 441. The van der Waals surface area contributed by atoms with E-state index in [0.717, 1.165) is 37.0 Å². The van der Waals surface area contributed by atoms with E-state index in [-0.39, 0.29) is 0 Å². The molecule has 0 saturated heterocycles. The molecule has 1 aromatic rings. The SMILES string of the molecule is CC/C=C\CC(CCC)c1cc(Cl)cc(Cl)c1OCC. The van der Waals surface area contributed by atoms with Crippen LogP contribution in [0.4, 0.5) is 0 Å². The highest BCUT2D eigenvalue weighted by molar-refractivity contribution is 6.35. The van der Waals surface area contributed by atoms with Crippen molar-refractivity contribution in [3.63, 3.8) is 0 Å². The van der Waals surface area contributed by atoms with Gasteiger partial charge in [-0.25, -0.2) is 0 Å². The second kappa shape index (κ2) is 9.31. The summed E-state index contributed by atoms with van der Waals surface area (Å²) in [6, 6.07) is 3.75. The highest BCUT2D eigenvalue weighted by atomic mass is 35.5. The Labute approximate surface area is 132 Å². The van der Waals surface area contributed by atoms with Crippen LogP contribution in [0.5, 0.6) is 5.75 Å². The maximum Gasteiger partial charge on any atom is 0.141 e. The Balaban J connectivity index is 3.12. The summed E-state index contributed by atoms with van der Waals surface area (Å²) < 4.78 is 5.74. The maximum absolute atomic E-state index is 6.29. The zero-order chi connectivity index (χ0) is 15.0. The van der Waals surface area contributed by atoms with Crippen molar-refractivity contribution in [1.82, 2.24) is 0 Å². The molecule has 0 aromatic heterocycles. The summed E-state index contributed by atoms with van der Waals surface area (Å²) in [6.07, 6.45) is 8.73. The number of halogens is 2. The van der Waals surface area contributed by atoms with Crippen LogP contribution in [0.25, 0.3) is 0 Å². The molecule has 0 aliphatic carbocycles. The van der Waals surface area contributed by atoms with Gasteiger partial charge in [0, 0.05) is 10.6 Å². The molecule has 0 aliphatic heterocycles. The first-order valence-corrected chi connectivity index (χ1v) is 8.16. The van der Waals surface area contributed by atoms with Gasteiger partial charge in [0.15, 0.2) is 0 Å². The van der Waals surface area contributed by atoms with Crippen LogP contribution in [0, 0.1) is 0 Å². The van der Waals surface area contributed by atoms with E-state index in [1.807, 2.05) is 13.0 Å². The Morgan fingerprint density at radius 3 is 2.50 bits per heavy atom. The second-order valence-corrected chi connectivity index (χ2v) is 5.68. The van der Waals surface area contributed by atoms with E-state index in [9.17, 15) is 0 Å². The number of hydrogen-bond acceptors (Lipinski definition) is 1. The average molecular weight is 315 g/mol. The van der Waals surface area contributed by atoms with Crippen molar-refractivity contribution in [2.45, 2.75) is 52.4 Å². The first-order chi connectivity index (χ1) is 9.63. The quantitative estimate of drug-likeness (QED) is 0.489. The van der Waals surface area contributed by atoms with Crippen molar-refractivity contribution in [3.8, 4) is 5.75 Å². The number of allylic oxidation sites excluding steroid dienone is 2. The molecule has 0 aliphatic rings. The highest BCUT2D eigenvalue weighted by Gasteiger charge is 2.18. The van der Waals surface area contributed by atoms with Crippen LogP contribution < -0.4 is 4.74 Å². The Morgan fingerprint density at radius 1 is 1.15 bits per heavy atom. The van der Waals surface area contributed by atoms with E-state index >= 15 is 0 Å². The van der Waals surface area contributed by atoms with E-state index in [2.05, 4.69) is 26.0 Å². The van der Waals surface area contributed by atoms with Crippen LogP contribution >= 0.6 is 23.2 Å². The molecule has 0 saturated carbocycles. The summed E-state index contributed by atoms with van der Waals surface area (Å²) >= 11 is 12.5.